The maximum atomic E-state index is 6.74. The molecule has 5 nitrogen and oxygen atoms in total. The van der Waals surface area contributed by atoms with Crippen LogP contribution >= 0.6 is 0 Å². The lowest BCUT2D eigenvalue weighted by Gasteiger charge is -2.10. The fraction of sp³-hybridized carbons (Fsp3) is 0. The highest BCUT2D eigenvalue weighted by Gasteiger charge is 2.24. The molecule has 0 unspecified atom stereocenters. The first-order chi connectivity index (χ1) is 26.8. The van der Waals surface area contributed by atoms with Crippen LogP contribution in [0.4, 0.5) is 0 Å². The van der Waals surface area contributed by atoms with E-state index in [0.717, 1.165) is 93.6 Å². The van der Waals surface area contributed by atoms with Crippen molar-refractivity contribution in [2.24, 2.45) is 0 Å². The monoisotopic (exact) mass is 691 g/mol. The summed E-state index contributed by atoms with van der Waals surface area (Å²) >= 11 is 0. The Morgan fingerprint density at radius 2 is 0.741 bits per heavy atom. The van der Waals surface area contributed by atoms with E-state index >= 15 is 0 Å². The van der Waals surface area contributed by atoms with Crippen LogP contribution in [0.2, 0.25) is 0 Å². The Kier molecular flexibility index (Phi) is 6.79. The number of fused-ring (bicyclic) bond motifs is 10. The van der Waals surface area contributed by atoms with Gasteiger partial charge in [0.15, 0.2) is 17.5 Å². The van der Waals surface area contributed by atoms with Crippen molar-refractivity contribution in [2.75, 3.05) is 0 Å². The normalized spacial score (nSPS) is 11.7. The van der Waals surface area contributed by atoms with Gasteiger partial charge in [-0.15, -0.1) is 0 Å². The van der Waals surface area contributed by atoms with Crippen LogP contribution in [-0.2, 0) is 0 Å². The number of aromatic nitrogens is 3. The predicted molar refractivity (Wildman–Crippen MR) is 219 cm³/mol. The second-order valence-corrected chi connectivity index (χ2v) is 13.5. The zero-order valence-electron chi connectivity index (χ0n) is 28.9. The fourth-order valence-electron chi connectivity index (χ4n) is 7.77. The number of benzene rings is 8. The van der Waals surface area contributed by atoms with Crippen LogP contribution < -0.4 is 0 Å². The van der Waals surface area contributed by atoms with Gasteiger partial charge in [-0.2, -0.15) is 0 Å². The van der Waals surface area contributed by atoms with Crippen LogP contribution in [0.3, 0.4) is 0 Å². The van der Waals surface area contributed by atoms with Crippen LogP contribution in [0.5, 0.6) is 0 Å². The van der Waals surface area contributed by atoms with E-state index in [0.29, 0.717) is 17.5 Å². The Bertz CT molecular complexity index is 3080. The number of nitrogens with zero attached hydrogens (tertiary/aromatic N) is 3. The summed E-state index contributed by atoms with van der Waals surface area (Å²) in [6.07, 6.45) is 0. The summed E-state index contributed by atoms with van der Waals surface area (Å²) in [5.41, 5.74) is 10.3. The van der Waals surface area contributed by atoms with Gasteiger partial charge in [0.1, 0.15) is 22.3 Å². The predicted octanol–water partition coefficient (Wildman–Crippen LogP) is 13.2. The molecule has 0 radical (unpaired) electrons. The molecule has 0 fully saturated rings. The summed E-state index contributed by atoms with van der Waals surface area (Å²) < 4.78 is 13.4. The molecule has 3 aromatic heterocycles. The number of para-hydroxylation sites is 1. The van der Waals surface area contributed by atoms with Crippen molar-refractivity contribution in [1.29, 1.82) is 0 Å². The Hall–Kier alpha value is -7.37. The third kappa shape index (κ3) is 4.83. The minimum Gasteiger partial charge on any atom is -0.455 e. The van der Waals surface area contributed by atoms with E-state index in [1.54, 1.807) is 0 Å². The van der Waals surface area contributed by atoms with Gasteiger partial charge in [0.05, 0.1) is 5.39 Å². The molecule has 252 valence electrons. The van der Waals surface area contributed by atoms with Crippen LogP contribution in [-0.4, -0.2) is 15.0 Å². The third-order valence-electron chi connectivity index (χ3n) is 10.4. The first-order valence-electron chi connectivity index (χ1n) is 18.0. The van der Waals surface area contributed by atoms with E-state index < -0.39 is 0 Å². The molecule has 5 heteroatoms. The van der Waals surface area contributed by atoms with Gasteiger partial charge in [-0.1, -0.05) is 164 Å². The number of hydrogen-bond donors (Lipinski definition) is 0. The number of rotatable bonds is 5. The molecule has 0 spiro atoms. The Labute approximate surface area is 309 Å². The lowest BCUT2D eigenvalue weighted by atomic mass is 9.98. The topological polar surface area (TPSA) is 65.0 Å². The van der Waals surface area contributed by atoms with Gasteiger partial charge in [0.25, 0.3) is 0 Å². The van der Waals surface area contributed by atoms with E-state index in [1.807, 2.05) is 36.4 Å². The van der Waals surface area contributed by atoms with Crippen molar-refractivity contribution in [3.8, 4) is 56.4 Å². The average Bonchev–Trinajstić information content (AvgIpc) is 3.84. The van der Waals surface area contributed by atoms with E-state index in [4.69, 9.17) is 23.8 Å². The number of furan rings is 2. The molecule has 0 saturated carbocycles. The molecule has 54 heavy (non-hydrogen) atoms. The molecule has 0 aliphatic carbocycles. The van der Waals surface area contributed by atoms with Gasteiger partial charge in [-0.05, 0) is 39.8 Å². The van der Waals surface area contributed by atoms with Gasteiger partial charge in [-0.25, -0.2) is 15.0 Å². The molecule has 3 heterocycles. The minimum absolute atomic E-state index is 0.556. The van der Waals surface area contributed by atoms with E-state index in [9.17, 15) is 0 Å². The van der Waals surface area contributed by atoms with Crippen molar-refractivity contribution >= 4 is 54.6 Å². The van der Waals surface area contributed by atoms with E-state index in [2.05, 4.69) is 140 Å². The summed E-state index contributed by atoms with van der Waals surface area (Å²) in [7, 11) is 0. The summed E-state index contributed by atoms with van der Waals surface area (Å²) in [6, 6.07) is 60.3. The van der Waals surface area contributed by atoms with Gasteiger partial charge < -0.3 is 8.83 Å². The quantitative estimate of drug-likeness (QED) is 0.180. The molecule has 8 aromatic carbocycles. The molecule has 0 N–H and O–H groups in total. The van der Waals surface area contributed by atoms with Crippen molar-refractivity contribution in [3.05, 3.63) is 176 Å². The standard InChI is InChI=1S/C49H29N3O2/c1-3-12-30(13-4-1)32-22-26-34(27-23-32)47-50-48(35-28-24-33(25-29-35)31-14-5-2-6-15-31)52-49(51-47)39-19-11-21-41-43(39)44-45(54-41)37-17-8-7-16-36(37)42-38-18-9-10-20-40(38)53-46(42)44/h1-29H. The Balaban J connectivity index is 1.16. The molecule has 11 aromatic rings. The zero-order chi connectivity index (χ0) is 35.6. The summed E-state index contributed by atoms with van der Waals surface area (Å²) in [5.74, 6) is 1.73. The van der Waals surface area contributed by atoms with Gasteiger partial charge in [0, 0.05) is 38.2 Å². The minimum atomic E-state index is 0.556. The maximum Gasteiger partial charge on any atom is 0.164 e. The Morgan fingerprint density at radius 3 is 1.37 bits per heavy atom. The molecule has 0 saturated heterocycles. The van der Waals surface area contributed by atoms with E-state index in [-0.39, 0.29) is 0 Å². The maximum absolute atomic E-state index is 6.74. The second kappa shape index (κ2) is 12.1. The first kappa shape index (κ1) is 30.3. The van der Waals surface area contributed by atoms with Crippen molar-refractivity contribution < 1.29 is 8.83 Å². The van der Waals surface area contributed by atoms with Gasteiger partial charge in [-0.3, -0.25) is 0 Å². The smallest absolute Gasteiger partial charge is 0.164 e. The highest BCUT2D eigenvalue weighted by Crippen LogP contribution is 2.47. The molecule has 0 aliphatic rings. The fourth-order valence-corrected chi connectivity index (χ4v) is 7.77. The summed E-state index contributed by atoms with van der Waals surface area (Å²) in [5, 5.41) is 6.08. The second-order valence-electron chi connectivity index (χ2n) is 13.5. The van der Waals surface area contributed by atoms with Crippen LogP contribution in [0, 0.1) is 0 Å². The lowest BCUT2D eigenvalue weighted by Crippen LogP contribution is -2.00. The van der Waals surface area contributed by atoms with Gasteiger partial charge >= 0.3 is 0 Å². The van der Waals surface area contributed by atoms with Crippen molar-refractivity contribution in [1.82, 2.24) is 15.0 Å². The van der Waals surface area contributed by atoms with Gasteiger partial charge in [0.2, 0.25) is 0 Å². The molecule has 0 bridgehead atoms. The summed E-state index contributed by atoms with van der Waals surface area (Å²) in [4.78, 5) is 15.5. The Morgan fingerprint density at radius 1 is 0.278 bits per heavy atom. The third-order valence-corrected chi connectivity index (χ3v) is 10.4. The summed E-state index contributed by atoms with van der Waals surface area (Å²) in [6.45, 7) is 0. The average molecular weight is 692 g/mol. The molecule has 0 atom stereocenters. The molecule has 11 rings (SSSR count). The molecular weight excluding hydrogens is 663 g/mol. The van der Waals surface area contributed by atoms with Crippen molar-refractivity contribution in [2.45, 2.75) is 0 Å². The lowest BCUT2D eigenvalue weighted by molar-refractivity contribution is 0.665. The number of hydrogen-bond acceptors (Lipinski definition) is 5. The highest BCUT2D eigenvalue weighted by molar-refractivity contribution is 6.34. The molecule has 0 aliphatic heterocycles. The van der Waals surface area contributed by atoms with Crippen LogP contribution in [0.1, 0.15) is 0 Å². The molecular formula is C49H29N3O2. The van der Waals surface area contributed by atoms with Crippen molar-refractivity contribution in [3.63, 3.8) is 0 Å². The van der Waals surface area contributed by atoms with E-state index in [1.165, 1.54) is 0 Å². The van der Waals surface area contributed by atoms with Crippen LogP contribution in [0.15, 0.2) is 185 Å². The molecule has 0 amide bonds. The first-order valence-corrected chi connectivity index (χ1v) is 18.0. The SMILES string of the molecule is c1ccc(-c2ccc(-c3nc(-c4ccc(-c5ccccc5)cc4)nc(-c4cccc5oc6c7ccccc7c7c8ccccc8oc7c6c45)n3)cc2)cc1. The van der Waals surface area contributed by atoms with Crippen LogP contribution in [0.25, 0.3) is 111 Å². The highest BCUT2D eigenvalue weighted by atomic mass is 16.3. The zero-order valence-corrected chi connectivity index (χ0v) is 28.9. The largest absolute Gasteiger partial charge is 0.455 e.